The number of halogens is 1. The number of alkyl halides is 1. The molecule has 0 atom stereocenters. The summed E-state index contributed by atoms with van der Waals surface area (Å²) >= 11 is 3.34. The Morgan fingerprint density at radius 1 is 1.00 bits per heavy atom. The van der Waals surface area contributed by atoms with Crippen molar-refractivity contribution in [2.45, 2.75) is 46.5 Å². The Morgan fingerprint density at radius 3 is 1.83 bits per heavy atom. The fourth-order valence-electron chi connectivity index (χ4n) is 1.81. The Kier molecular flexibility index (Phi) is 9.06. The minimum absolute atomic E-state index is 0.276. The normalized spacial score (nSPS) is 11.1. The van der Waals surface area contributed by atoms with E-state index in [1.54, 1.807) is 13.8 Å². The first kappa shape index (κ1) is 17.4. The third kappa shape index (κ3) is 4.59. The lowest BCUT2D eigenvalue weighted by molar-refractivity contribution is -0.173. The van der Waals surface area contributed by atoms with Crippen LogP contribution in [0.1, 0.15) is 46.5 Å². The molecule has 0 aliphatic heterocycles. The molecule has 0 saturated heterocycles. The number of carbonyl (C=O) groups excluding carboxylic acids is 2. The Bertz CT molecular complexity index is 248. The van der Waals surface area contributed by atoms with Gasteiger partial charge < -0.3 is 9.47 Å². The van der Waals surface area contributed by atoms with Crippen molar-refractivity contribution in [3.8, 4) is 0 Å². The minimum atomic E-state index is -1.13. The summed E-state index contributed by atoms with van der Waals surface area (Å²) in [4.78, 5) is 24.1. The zero-order valence-corrected chi connectivity index (χ0v) is 13.0. The lowest BCUT2D eigenvalue weighted by atomic mass is 9.80. The molecule has 0 fully saturated rings. The second-order valence-electron chi connectivity index (χ2n) is 4.02. The summed E-state index contributed by atoms with van der Waals surface area (Å²) in [6, 6.07) is 0. The first-order chi connectivity index (χ1) is 8.58. The summed E-state index contributed by atoms with van der Waals surface area (Å²) < 4.78 is 10.1. The second-order valence-corrected chi connectivity index (χ2v) is 4.82. The predicted octanol–water partition coefficient (Wildman–Crippen LogP) is 3.07. The van der Waals surface area contributed by atoms with E-state index in [0.717, 1.165) is 18.2 Å². The fourth-order valence-corrected chi connectivity index (χ4v) is 2.21. The first-order valence-corrected chi connectivity index (χ1v) is 7.61. The monoisotopic (exact) mass is 322 g/mol. The van der Waals surface area contributed by atoms with Crippen LogP contribution >= 0.6 is 15.9 Å². The lowest BCUT2D eigenvalue weighted by Crippen LogP contribution is -2.41. The molecular formula is C13H23BrO4. The molecule has 4 nitrogen and oxygen atoms in total. The SMILES string of the molecule is CCOC(=O)C(CC)(CCCCBr)C(=O)OCC. The van der Waals surface area contributed by atoms with Crippen LogP contribution in [-0.2, 0) is 19.1 Å². The third-order valence-corrected chi connectivity index (χ3v) is 3.48. The molecule has 0 N–H and O–H groups in total. The highest BCUT2D eigenvalue weighted by Gasteiger charge is 2.46. The second kappa shape index (κ2) is 9.36. The highest BCUT2D eigenvalue weighted by Crippen LogP contribution is 2.32. The zero-order chi connectivity index (χ0) is 14.0. The number of rotatable bonds is 9. The van der Waals surface area contributed by atoms with E-state index < -0.39 is 17.4 Å². The van der Waals surface area contributed by atoms with Gasteiger partial charge in [0.25, 0.3) is 0 Å². The molecule has 0 aromatic carbocycles. The van der Waals surface area contributed by atoms with Gasteiger partial charge in [-0.25, -0.2) is 0 Å². The van der Waals surface area contributed by atoms with Gasteiger partial charge in [-0.3, -0.25) is 9.59 Å². The quantitative estimate of drug-likeness (QED) is 0.283. The molecule has 0 unspecified atom stereocenters. The van der Waals surface area contributed by atoms with Crippen LogP contribution < -0.4 is 0 Å². The molecule has 0 rings (SSSR count). The summed E-state index contributed by atoms with van der Waals surface area (Å²) in [6.45, 7) is 5.85. The molecule has 106 valence electrons. The van der Waals surface area contributed by atoms with Gasteiger partial charge in [-0.05, 0) is 33.1 Å². The Balaban J connectivity index is 4.93. The number of hydrogen-bond acceptors (Lipinski definition) is 4. The number of ether oxygens (including phenoxy) is 2. The standard InChI is InChI=1S/C13H23BrO4/c1-4-13(9-7-8-10-14,11(15)17-5-2)12(16)18-6-3/h4-10H2,1-3H3. The number of hydrogen-bond donors (Lipinski definition) is 0. The van der Waals surface area contributed by atoms with E-state index in [-0.39, 0.29) is 13.2 Å². The predicted molar refractivity (Wildman–Crippen MR) is 73.6 cm³/mol. The van der Waals surface area contributed by atoms with Crippen LogP contribution in [0.5, 0.6) is 0 Å². The topological polar surface area (TPSA) is 52.6 Å². The molecule has 0 aliphatic rings. The largest absolute Gasteiger partial charge is 0.465 e. The lowest BCUT2D eigenvalue weighted by Gasteiger charge is -2.27. The molecule has 0 aromatic heterocycles. The van der Waals surface area contributed by atoms with Crippen LogP contribution in [0.15, 0.2) is 0 Å². The van der Waals surface area contributed by atoms with E-state index in [2.05, 4.69) is 15.9 Å². The van der Waals surface area contributed by atoms with Gasteiger partial charge in [0.2, 0.25) is 0 Å². The van der Waals surface area contributed by atoms with E-state index in [4.69, 9.17) is 9.47 Å². The van der Waals surface area contributed by atoms with Crippen molar-refractivity contribution >= 4 is 27.9 Å². The molecule has 0 saturated carbocycles. The van der Waals surface area contributed by atoms with Crippen LogP contribution in [-0.4, -0.2) is 30.5 Å². The van der Waals surface area contributed by atoms with E-state index in [1.165, 1.54) is 0 Å². The average molecular weight is 323 g/mol. The highest BCUT2D eigenvalue weighted by molar-refractivity contribution is 9.09. The molecule has 0 aliphatic carbocycles. The van der Waals surface area contributed by atoms with Gasteiger partial charge in [0.1, 0.15) is 0 Å². The van der Waals surface area contributed by atoms with Gasteiger partial charge in [0.15, 0.2) is 5.41 Å². The van der Waals surface area contributed by atoms with E-state index in [0.29, 0.717) is 12.8 Å². The van der Waals surface area contributed by atoms with Gasteiger partial charge in [-0.2, -0.15) is 0 Å². The highest BCUT2D eigenvalue weighted by atomic mass is 79.9. The molecule has 0 heterocycles. The Morgan fingerprint density at radius 2 is 1.50 bits per heavy atom. The summed E-state index contributed by atoms with van der Waals surface area (Å²) in [5.41, 5.74) is -1.13. The molecule has 0 spiro atoms. The molecule has 0 aromatic rings. The summed E-state index contributed by atoms with van der Waals surface area (Å²) in [5.74, 6) is -0.916. The van der Waals surface area contributed by atoms with Crippen molar-refractivity contribution in [1.82, 2.24) is 0 Å². The molecule has 5 heteroatoms. The Hall–Kier alpha value is -0.580. The van der Waals surface area contributed by atoms with Crippen LogP contribution in [0.4, 0.5) is 0 Å². The molecule has 0 bridgehead atoms. The van der Waals surface area contributed by atoms with Gasteiger partial charge in [0, 0.05) is 5.33 Å². The molecular weight excluding hydrogens is 300 g/mol. The molecule has 18 heavy (non-hydrogen) atoms. The molecule has 0 radical (unpaired) electrons. The van der Waals surface area contributed by atoms with Gasteiger partial charge in [0.05, 0.1) is 13.2 Å². The maximum atomic E-state index is 12.1. The van der Waals surface area contributed by atoms with E-state index >= 15 is 0 Å². The maximum Gasteiger partial charge on any atom is 0.323 e. The van der Waals surface area contributed by atoms with Gasteiger partial charge in [-0.1, -0.05) is 29.3 Å². The van der Waals surface area contributed by atoms with E-state index in [1.807, 2.05) is 6.92 Å². The van der Waals surface area contributed by atoms with Crippen molar-refractivity contribution in [1.29, 1.82) is 0 Å². The number of esters is 2. The van der Waals surface area contributed by atoms with Crippen molar-refractivity contribution in [2.75, 3.05) is 18.5 Å². The number of carbonyl (C=O) groups is 2. The zero-order valence-electron chi connectivity index (χ0n) is 11.5. The summed E-state index contributed by atoms with van der Waals surface area (Å²) in [6.07, 6.45) is 2.59. The number of unbranched alkanes of at least 4 members (excludes halogenated alkanes) is 1. The van der Waals surface area contributed by atoms with E-state index in [9.17, 15) is 9.59 Å². The fraction of sp³-hybridized carbons (Fsp3) is 0.846. The molecule has 0 amide bonds. The van der Waals surface area contributed by atoms with Crippen LogP contribution in [0.2, 0.25) is 0 Å². The van der Waals surface area contributed by atoms with Crippen molar-refractivity contribution in [3.05, 3.63) is 0 Å². The smallest absolute Gasteiger partial charge is 0.323 e. The van der Waals surface area contributed by atoms with Crippen molar-refractivity contribution < 1.29 is 19.1 Å². The van der Waals surface area contributed by atoms with Crippen LogP contribution in [0, 0.1) is 5.41 Å². The third-order valence-electron chi connectivity index (χ3n) is 2.92. The maximum absolute atomic E-state index is 12.1. The minimum Gasteiger partial charge on any atom is -0.465 e. The summed E-state index contributed by atoms with van der Waals surface area (Å²) in [7, 11) is 0. The van der Waals surface area contributed by atoms with Crippen molar-refractivity contribution in [2.24, 2.45) is 5.41 Å². The Labute approximate surface area is 118 Å². The summed E-state index contributed by atoms with van der Waals surface area (Å²) in [5, 5.41) is 0.860. The van der Waals surface area contributed by atoms with Gasteiger partial charge >= 0.3 is 11.9 Å². The average Bonchev–Trinajstić information content (AvgIpc) is 2.35. The first-order valence-electron chi connectivity index (χ1n) is 6.49. The van der Waals surface area contributed by atoms with Gasteiger partial charge in [-0.15, -0.1) is 0 Å². The van der Waals surface area contributed by atoms with Crippen molar-refractivity contribution in [3.63, 3.8) is 0 Å². The van der Waals surface area contributed by atoms with Crippen LogP contribution in [0.25, 0.3) is 0 Å². The van der Waals surface area contributed by atoms with Crippen LogP contribution in [0.3, 0.4) is 0 Å².